The van der Waals surface area contributed by atoms with Gasteiger partial charge in [0.2, 0.25) is 0 Å². The Bertz CT molecular complexity index is 938. The molecule has 2 heterocycles. The van der Waals surface area contributed by atoms with Crippen LogP contribution in [0.3, 0.4) is 0 Å². The van der Waals surface area contributed by atoms with E-state index in [1.54, 1.807) is 0 Å². The van der Waals surface area contributed by atoms with Crippen LogP contribution in [-0.2, 0) is 16.1 Å². The summed E-state index contributed by atoms with van der Waals surface area (Å²) in [6.07, 6.45) is 1.49. The van der Waals surface area contributed by atoms with Crippen molar-refractivity contribution in [3.05, 3.63) is 59.7 Å². The zero-order valence-electron chi connectivity index (χ0n) is 20.4. The second-order valence-corrected chi connectivity index (χ2v) is 9.88. The molecule has 0 radical (unpaired) electrons. The Kier molecular flexibility index (Phi) is 7.95. The van der Waals surface area contributed by atoms with Crippen LogP contribution >= 0.6 is 0 Å². The molecule has 0 aliphatic carbocycles. The lowest BCUT2D eigenvalue weighted by molar-refractivity contribution is -0.00246. The smallest absolute Gasteiger partial charge is 0.408 e. The molecule has 34 heavy (non-hydrogen) atoms. The first kappa shape index (κ1) is 24.4. The van der Waals surface area contributed by atoms with E-state index in [2.05, 4.69) is 10.2 Å². The predicted molar refractivity (Wildman–Crippen MR) is 130 cm³/mol. The van der Waals surface area contributed by atoms with E-state index in [4.69, 9.17) is 18.9 Å². The van der Waals surface area contributed by atoms with E-state index in [9.17, 15) is 4.79 Å². The summed E-state index contributed by atoms with van der Waals surface area (Å²) in [5.41, 5.74) is 1.42. The normalized spacial score (nSPS) is 17.7. The van der Waals surface area contributed by atoms with Crippen molar-refractivity contribution in [3.63, 3.8) is 0 Å². The van der Waals surface area contributed by atoms with E-state index < -0.39 is 17.8 Å². The van der Waals surface area contributed by atoms with Crippen molar-refractivity contribution in [2.75, 3.05) is 32.8 Å². The van der Waals surface area contributed by atoms with Crippen LogP contribution in [0.5, 0.6) is 11.5 Å². The van der Waals surface area contributed by atoms with E-state index in [1.807, 2.05) is 69.3 Å². The van der Waals surface area contributed by atoms with Gasteiger partial charge in [-0.1, -0.05) is 36.4 Å². The molecular weight excluding hydrogens is 432 g/mol. The van der Waals surface area contributed by atoms with Gasteiger partial charge in [-0.05, 0) is 70.0 Å². The number of hydrogen-bond donors (Lipinski definition) is 1. The highest BCUT2D eigenvalue weighted by atomic mass is 16.6. The Morgan fingerprint density at radius 1 is 1.03 bits per heavy atom. The number of carbonyl (C=O) groups is 1. The SMILES string of the molecule is CC(C)(C)OC(=O)N[C@H](CN1CCCC1)[C@H](OCc1ccccc1)c1ccc2c(c1)OCCO2. The fraction of sp³-hybridized carbons (Fsp3) is 0.519. The van der Waals surface area contributed by atoms with Crippen LogP contribution in [0.25, 0.3) is 0 Å². The molecule has 0 saturated carbocycles. The van der Waals surface area contributed by atoms with Crippen molar-refractivity contribution in [3.8, 4) is 11.5 Å². The molecule has 0 unspecified atom stereocenters. The first-order valence-corrected chi connectivity index (χ1v) is 12.1. The minimum absolute atomic E-state index is 0.306. The Morgan fingerprint density at radius 2 is 1.74 bits per heavy atom. The summed E-state index contributed by atoms with van der Waals surface area (Å²) in [7, 11) is 0. The molecule has 184 valence electrons. The zero-order chi connectivity index (χ0) is 24.0. The van der Waals surface area contributed by atoms with Gasteiger partial charge in [0, 0.05) is 6.54 Å². The van der Waals surface area contributed by atoms with Gasteiger partial charge in [0.05, 0.1) is 12.6 Å². The Hall–Kier alpha value is -2.77. The van der Waals surface area contributed by atoms with Gasteiger partial charge in [-0.15, -0.1) is 0 Å². The van der Waals surface area contributed by atoms with Gasteiger partial charge in [0.25, 0.3) is 0 Å². The van der Waals surface area contributed by atoms with Gasteiger partial charge in [0.1, 0.15) is 24.9 Å². The second-order valence-electron chi connectivity index (χ2n) is 9.88. The number of fused-ring (bicyclic) bond motifs is 1. The summed E-state index contributed by atoms with van der Waals surface area (Å²) in [6, 6.07) is 15.6. The van der Waals surface area contributed by atoms with Gasteiger partial charge in [-0.3, -0.25) is 0 Å². The number of benzene rings is 2. The lowest BCUT2D eigenvalue weighted by Gasteiger charge is -2.33. The largest absolute Gasteiger partial charge is 0.486 e. The summed E-state index contributed by atoms with van der Waals surface area (Å²) in [5, 5.41) is 3.12. The topological polar surface area (TPSA) is 69.3 Å². The maximum atomic E-state index is 12.8. The van der Waals surface area contributed by atoms with Crippen LogP contribution in [-0.4, -0.2) is 55.5 Å². The highest BCUT2D eigenvalue weighted by Gasteiger charge is 2.31. The number of nitrogens with one attached hydrogen (secondary N) is 1. The standard InChI is InChI=1S/C27H36N2O5/c1-27(2,3)34-26(30)28-22(18-29-13-7-8-14-29)25(33-19-20-9-5-4-6-10-20)21-11-12-23-24(17-21)32-16-15-31-23/h4-6,9-12,17,22,25H,7-8,13-16,18-19H2,1-3H3,(H,28,30)/t22-,25-/m1/s1. The van der Waals surface area contributed by atoms with Crippen molar-refractivity contribution in [2.24, 2.45) is 0 Å². The molecule has 7 nitrogen and oxygen atoms in total. The molecular formula is C27H36N2O5. The molecule has 0 spiro atoms. The van der Waals surface area contributed by atoms with Crippen LogP contribution in [0.1, 0.15) is 50.8 Å². The number of alkyl carbamates (subject to hydrolysis) is 1. The number of ether oxygens (including phenoxy) is 4. The summed E-state index contributed by atoms with van der Waals surface area (Å²) < 4.78 is 23.7. The summed E-state index contributed by atoms with van der Waals surface area (Å²) in [5.74, 6) is 1.43. The summed E-state index contributed by atoms with van der Waals surface area (Å²) in [4.78, 5) is 15.2. The van der Waals surface area contributed by atoms with E-state index in [-0.39, 0.29) is 6.04 Å². The van der Waals surface area contributed by atoms with E-state index in [0.29, 0.717) is 32.1 Å². The first-order valence-electron chi connectivity index (χ1n) is 12.1. The third-order valence-electron chi connectivity index (χ3n) is 5.89. The number of likely N-dealkylation sites (tertiary alicyclic amines) is 1. The monoisotopic (exact) mass is 468 g/mol. The van der Waals surface area contributed by atoms with Crippen molar-refractivity contribution in [1.29, 1.82) is 0 Å². The van der Waals surface area contributed by atoms with E-state index in [1.165, 1.54) is 12.8 Å². The second kappa shape index (κ2) is 11.1. The number of hydrogen-bond acceptors (Lipinski definition) is 6. The summed E-state index contributed by atoms with van der Waals surface area (Å²) in [6.45, 7) is 9.78. The number of amides is 1. The molecule has 0 aromatic heterocycles. The Balaban J connectivity index is 1.61. The van der Waals surface area contributed by atoms with Gasteiger partial charge >= 0.3 is 6.09 Å². The number of carbonyl (C=O) groups excluding carboxylic acids is 1. The van der Waals surface area contributed by atoms with Crippen molar-refractivity contribution >= 4 is 6.09 Å². The van der Waals surface area contributed by atoms with Gasteiger partial charge < -0.3 is 29.2 Å². The van der Waals surface area contributed by atoms with Gasteiger partial charge in [-0.25, -0.2) is 4.79 Å². The highest BCUT2D eigenvalue weighted by molar-refractivity contribution is 5.68. The van der Waals surface area contributed by atoms with Crippen LogP contribution in [0.4, 0.5) is 4.79 Å². The average molecular weight is 469 g/mol. The van der Waals surface area contributed by atoms with Gasteiger partial charge in [-0.2, -0.15) is 0 Å². The fourth-order valence-corrected chi connectivity index (χ4v) is 4.36. The van der Waals surface area contributed by atoms with Crippen molar-refractivity contribution in [2.45, 2.75) is 58.0 Å². The molecule has 7 heteroatoms. The van der Waals surface area contributed by atoms with E-state index in [0.717, 1.165) is 30.0 Å². The first-order chi connectivity index (χ1) is 16.4. The molecule has 4 rings (SSSR count). The maximum Gasteiger partial charge on any atom is 0.408 e. The molecule has 1 N–H and O–H groups in total. The van der Waals surface area contributed by atoms with Crippen molar-refractivity contribution in [1.82, 2.24) is 10.2 Å². The zero-order valence-corrected chi connectivity index (χ0v) is 20.4. The van der Waals surface area contributed by atoms with Crippen LogP contribution < -0.4 is 14.8 Å². The van der Waals surface area contributed by atoms with Crippen LogP contribution in [0.15, 0.2) is 48.5 Å². The molecule has 1 amide bonds. The number of nitrogens with zero attached hydrogens (tertiary/aromatic N) is 1. The highest BCUT2D eigenvalue weighted by Crippen LogP contribution is 2.35. The molecule has 2 aliphatic rings. The minimum Gasteiger partial charge on any atom is -0.486 e. The van der Waals surface area contributed by atoms with E-state index >= 15 is 0 Å². The Labute approximate surface area is 202 Å². The molecule has 0 bridgehead atoms. The molecule has 2 aromatic rings. The molecule has 2 aromatic carbocycles. The lowest BCUT2D eigenvalue weighted by Crippen LogP contribution is -2.48. The molecule has 2 aliphatic heterocycles. The third kappa shape index (κ3) is 6.87. The molecule has 1 saturated heterocycles. The third-order valence-corrected chi connectivity index (χ3v) is 5.89. The van der Waals surface area contributed by atoms with Gasteiger partial charge in [0.15, 0.2) is 11.5 Å². The average Bonchev–Trinajstić information content (AvgIpc) is 3.31. The number of rotatable bonds is 8. The fourth-order valence-electron chi connectivity index (χ4n) is 4.36. The predicted octanol–water partition coefficient (Wildman–Crippen LogP) is 4.70. The Morgan fingerprint density at radius 3 is 2.44 bits per heavy atom. The molecule has 2 atom stereocenters. The van der Waals surface area contributed by atoms with Crippen LogP contribution in [0, 0.1) is 0 Å². The van der Waals surface area contributed by atoms with Crippen molar-refractivity contribution < 1.29 is 23.7 Å². The quantitative estimate of drug-likeness (QED) is 0.605. The lowest BCUT2D eigenvalue weighted by atomic mass is 10.0. The molecule has 1 fully saturated rings. The maximum absolute atomic E-state index is 12.8. The summed E-state index contributed by atoms with van der Waals surface area (Å²) >= 11 is 0. The minimum atomic E-state index is -0.584. The van der Waals surface area contributed by atoms with Crippen LogP contribution in [0.2, 0.25) is 0 Å².